The fourth-order valence-electron chi connectivity index (χ4n) is 3.59. The number of halogens is 3. The SMILES string of the molecule is O=C(C[C@@H]1[NH2+][C@@H]2CCCC[C@@H]2NC1=O)Nc1cccc(C(F)(F)F)c1. The third kappa shape index (κ3) is 4.31. The predicted octanol–water partition coefficient (Wildman–Crippen LogP) is 1.41. The average molecular weight is 356 g/mol. The van der Waals surface area contributed by atoms with Crippen LogP contribution in [0.1, 0.15) is 37.7 Å². The summed E-state index contributed by atoms with van der Waals surface area (Å²) in [6.45, 7) is 0. The molecule has 25 heavy (non-hydrogen) atoms. The van der Waals surface area contributed by atoms with Crippen molar-refractivity contribution in [2.45, 2.75) is 56.4 Å². The van der Waals surface area contributed by atoms with Crippen molar-refractivity contribution in [3.8, 4) is 0 Å². The standard InChI is InChI=1S/C17H20F3N3O2/c18-17(19,20)10-4-3-5-11(8-10)21-15(24)9-14-16(25)23-13-7-2-1-6-12(13)22-14/h3-5,8,12-14,22H,1-2,6-7,9H2,(H,21,24)(H,23,25)/p+1/t12-,13+,14+/m1/s1. The number of quaternary nitrogens is 1. The van der Waals surface area contributed by atoms with E-state index in [-0.39, 0.29) is 30.1 Å². The maximum atomic E-state index is 12.7. The van der Waals surface area contributed by atoms with Gasteiger partial charge in [-0.05, 0) is 31.0 Å². The number of amides is 2. The van der Waals surface area contributed by atoms with E-state index < -0.39 is 23.7 Å². The summed E-state index contributed by atoms with van der Waals surface area (Å²) in [4.78, 5) is 24.3. The number of alkyl halides is 3. The van der Waals surface area contributed by atoms with Crippen LogP contribution in [0.3, 0.4) is 0 Å². The Bertz CT molecular complexity index is 663. The zero-order chi connectivity index (χ0) is 18.0. The van der Waals surface area contributed by atoms with Crippen molar-refractivity contribution in [2.75, 3.05) is 5.32 Å². The molecule has 0 spiro atoms. The van der Waals surface area contributed by atoms with Gasteiger partial charge in [-0.3, -0.25) is 9.59 Å². The minimum Gasteiger partial charge on any atom is -0.342 e. The van der Waals surface area contributed by atoms with Gasteiger partial charge in [-0.1, -0.05) is 12.5 Å². The lowest BCUT2D eigenvalue weighted by Crippen LogP contribution is -3.03. The van der Waals surface area contributed by atoms with Gasteiger partial charge in [0.05, 0.1) is 18.0 Å². The minimum atomic E-state index is -4.46. The first-order valence-electron chi connectivity index (χ1n) is 8.45. The molecule has 1 aromatic carbocycles. The zero-order valence-electron chi connectivity index (χ0n) is 13.6. The Labute approximate surface area is 143 Å². The lowest BCUT2D eigenvalue weighted by atomic mass is 9.87. The van der Waals surface area contributed by atoms with Crippen LogP contribution in [0.4, 0.5) is 18.9 Å². The van der Waals surface area contributed by atoms with Crippen molar-refractivity contribution in [3.05, 3.63) is 29.8 Å². The molecule has 1 saturated carbocycles. The quantitative estimate of drug-likeness (QED) is 0.766. The van der Waals surface area contributed by atoms with Crippen molar-refractivity contribution in [2.24, 2.45) is 0 Å². The highest BCUT2D eigenvalue weighted by molar-refractivity contribution is 5.95. The van der Waals surface area contributed by atoms with Gasteiger partial charge in [0.25, 0.3) is 5.91 Å². The van der Waals surface area contributed by atoms with Gasteiger partial charge in [-0.15, -0.1) is 0 Å². The molecule has 136 valence electrons. The Morgan fingerprint density at radius 3 is 2.80 bits per heavy atom. The Kier molecular flexibility index (Phi) is 4.99. The lowest BCUT2D eigenvalue weighted by molar-refractivity contribution is -0.718. The average Bonchev–Trinajstić information content (AvgIpc) is 2.55. The van der Waals surface area contributed by atoms with E-state index >= 15 is 0 Å². The molecule has 0 radical (unpaired) electrons. The van der Waals surface area contributed by atoms with Crippen LogP contribution in [0.25, 0.3) is 0 Å². The van der Waals surface area contributed by atoms with E-state index in [0.717, 1.165) is 37.8 Å². The highest BCUT2D eigenvalue weighted by Crippen LogP contribution is 2.30. The number of fused-ring (bicyclic) bond motifs is 1. The molecule has 1 saturated heterocycles. The molecule has 4 N–H and O–H groups in total. The molecule has 8 heteroatoms. The van der Waals surface area contributed by atoms with Gasteiger partial charge in [-0.25, -0.2) is 0 Å². The van der Waals surface area contributed by atoms with Crippen molar-refractivity contribution < 1.29 is 28.1 Å². The molecule has 3 rings (SSSR count). The fourth-order valence-corrected chi connectivity index (χ4v) is 3.59. The summed E-state index contributed by atoms with van der Waals surface area (Å²) in [5.41, 5.74) is -0.746. The van der Waals surface area contributed by atoms with Crippen LogP contribution in [-0.2, 0) is 15.8 Å². The number of anilines is 1. The third-order valence-electron chi connectivity index (χ3n) is 4.84. The van der Waals surface area contributed by atoms with Crippen LogP contribution in [-0.4, -0.2) is 29.9 Å². The molecule has 3 atom stereocenters. The van der Waals surface area contributed by atoms with Crippen LogP contribution in [0, 0.1) is 0 Å². The molecule has 2 amide bonds. The van der Waals surface area contributed by atoms with E-state index in [0.29, 0.717) is 0 Å². The number of rotatable bonds is 3. The summed E-state index contributed by atoms with van der Waals surface area (Å²) < 4.78 is 38.1. The molecule has 1 aliphatic heterocycles. The topological polar surface area (TPSA) is 74.8 Å². The first-order valence-corrected chi connectivity index (χ1v) is 8.45. The summed E-state index contributed by atoms with van der Waals surface area (Å²) in [5, 5.41) is 7.36. The zero-order valence-corrected chi connectivity index (χ0v) is 13.6. The van der Waals surface area contributed by atoms with Crippen LogP contribution < -0.4 is 16.0 Å². The molecule has 2 aliphatic rings. The molecule has 2 fully saturated rings. The van der Waals surface area contributed by atoms with Crippen LogP contribution in [0.2, 0.25) is 0 Å². The monoisotopic (exact) mass is 356 g/mol. The molecular formula is C17H21F3N3O2+. The van der Waals surface area contributed by atoms with Gasteiger partial charge in [-0.2, -0.15) is 13.2 Å². The number of benzene rings is 1. The van der Waals surface area contributed by atoms with Crippen LogP contribution >= 0.6 is 0 Å². The second-order valence-electron chi connectivity index (χ2n) is 6.69. The Morgan fingerprint density at radius 1 is 1.28 bits per heavy atom. The van der Waals surface area contributed by atoms with Gasteiger partial charge >= 0.3 is 6.18 Å². The molecule has 1 aliphatic carbocycles. The largest absolute Gasteiger partial charge is 0.416 e. The number of piperazine rings is 1. The normalized spacial score (nSPS) is 26.5. The van der Waals surface area contributed by atoms with E-state index in [2.05, 4.69) is 10.6 Å². The Balaban J connectivity index is 1.60. The molecule has 1 heterocycles. The number of carbonyl (C=O) groups excluding carboxylic acids is 2. The number of hydrogen-bond donors (Lipinski definition) is 3. The molecule has 1 aromatic rings. The first kappa shape index (κ1) is 17.7. The Morgan fingerprint density at radius 2 is 2.04 bits per heavy atom. The van der Waals surface area contributed by atoms with Crippen molar-refractivity contribution in [1.29, 1.82) is 0 Å². The van der Waals surface area contributed by atoms with Gasteiger partial charge in [0.2, 0.25) is 5.91 Å². The summed E-state index contributed by atoms with van der Waals surface area (Å²) in [7, 11) is 0. The van der Waals surface area contributed by atoms with E-state index in [1.165, 1.54) is 12.1 Å². The number of nitrogens with two attached hydrogens (primary N) is 1. The number of hydrogen-bond acceptors (Lipinski definition) is 2. The minimum absolute atomic E-state index is 0.0642. The van der Waals surface area contributed by atoms with Crippen molar-refractivity contribution in [1.82, 2.24) is 5.32 Å². The van der Waals surface area contributed by atoms with E-state index in [4.69, 9.17) is 0 Å². The second kappa shape index (κ2) is 7.03. The van der Waals surface area contributed by atoms with E-state index in [1.807, 2.05) is 5.32 Å². The summed E-state index contributed by atoms with van der Waals surface area (Å²) in [5.74, 6) is -0.646. The molecule has 0 aromatic heterocycles. The molecule has 0 bridgehead atoms. The number of carbonyl (C=O) groups is 2. The molecule has 0 unspecified atom stereocenters. The highest BCUT2D eigenvalue weighted by atomic mass is 19.4. The maximum absolute atomic E-state index is 12.7. The van der Waals surface area contributed by atoms with Crippen molar-refractivity contribution >= 4 is 17.5 Å². The van der Waals surface area contributed by atoms with E-state index in [1.54, 1.807) is 0 Å². The lowest BCUT2D eigenvalue weighted by Gasteiger charge is -2.37. The van der Waals surface area contributed by atoms with Crippen LogP contribution in [0.15, 0.2) is 24.3 Å². The van der Waals surface area contributed by atoms with Gasteiger partial charge < -0.3 is 16.0 Å². The van der Waals surface area contributed by atoms with Gasteiger partial charge in [0.1, 0.15) is 6.04 Å². The van der Waals surface area contributed by atoms with E-state index in [9.17, 15) is 22.8 Å². The third-order valence-corrected chi connectivity index (χ3v) is 4.84. The summed E-state index contributed by atoms with van der Waals surface area (Å²) >= 11 is 0. The van der Waals surface area contributed by atoms with Crippen molar-refractivity contribution in [3.63, 3.8) is 0 Å². The molecule has 5 nitrogen and oxygen atoms in total. The van der Waals surface area contributed by atoms with Gasteiger partial charge in [0, 0.05) is 12.1 Å². The fraction of sp³-hybridized carbons (Fsp3) is 0.529. The number of nitrogens with one attached hydrogen (secondary N) is 2. The Hall–Kier alpha value is -2.09. The predicted molar refractivity (Wildman–Crippen MR) is 84.6 cm³/mol. The van der Waals surface area contributed by atoms with Gasteiger partial charge in [0.15, 0.2) is 6.04 Å². The highest BCUT2D eigenvalue weighted by Gasteiger charge is 2.40. The maximum Gasteiger partial charge on any atom is 0.416 e. The molecular weight excluding hydrogens is 335 g/mol. The first-order chi connectivity index (χ1) is 11.8. The summed E-state index contributed by atoms with van der Waals surface area (Å²) in [6, 6.07) is 4.37. The second-order valence-corrected chi connectivity index (χ2v) is 6.69. The summed E-state index contributed by atoms with van der Waals surface area (Å²) in [6.07, 6.45) is -0.376. The van der Waals surface area contributed by atoms with Crippen LogP contribution in [0.5, 0.6) is 0 Å². The smallest absolute Gasteiger partial charge is 0.342 e.